The molecule has 3 aromatic carbocycles. The highest BCUT2D eigenvalue weighted by Gasteiger charge is 2.19. The average Bonchev–Trinajstić information content (AvgIpc) is 2.80. The smallest absolute Gasteiger partial charge is 0.339 e. The van der Waals surface area contributed by atoms with E-state index in [9.17, 15) is 23.3 Å². The first kappa shape index (κ1) is 26.2. The normalized spacial score (nSPS) is 11.3. The van der Waals surface area contributed by atoms with Crippen molar-refractivity contribution in [3.8, 4) is 11.8 Å². The Balaban J connectivity index is 1.76. The van der Waals surface area contributed by atoms with Crippen LogP contribution in [0.1, 0.15) is 12.5 Å². The van der Waals surface area contributed by atoms with Gasteiger partial charge in [0.2, 0.25) is 5.91 Å². The van der Waals surface area contributed by atoms with Crippen molar-refractivity contribution in [2.75, 3.05) is 10.6 Å². The van der Waals surface area contributed by atoms with Crippen molar-refractivity contribution in [2.45, 2.75) is 11.8 Å². The van der Waals surface area contributed by atoms with E-state index < -0.39 is 16.0 Å². The summed E-state index contributed by atoms with van der Waals surface area (Å²) in [7, 11) is -4.15. The third-order valence-electron chi connectivity index (χ3n) is 4.40. The van der Waals surface area contributed by atoms with Gasteiger partial charge in [0.1, 0.15) is 16.5 Å². The van der Waals surface area contributed by atoms with Crippen molar-refractivity contribution in [1.82, 2.24) is 0 Å². The molecule has 2 amide bonds. The lowest BCUT2D eigenvalue weighted by Gasteiger charge is -2.10. The van der Waals surface area contributed by atoms with E-state index in [2.05, 4.69) is 42.5 Å². The Hall–Kier alpha value is -3.46. The third kappa shape index (κ3) is 7.26. The highest BCUT2D eigenvalue weighted by Crippen LogP contribution is 2.30. The number of halogens is 2. The number of carbonyl (C=O) groups excluding carboxylic acids is 2. The molecule has 8 nitrogen and oxygen atoms in total. The van der Waals surface area contributed by atoms with Gasteiger partial charge >= 0.3 is 10.1 Å². The predicted octanol–water partition coefficient (Wildman–Crippen LogP) is 5.48. The van der Waals surface area contributed by atoms with Gasteiger partial charge in [-0.25, -0.2) is 0 Å². The Morgan fingerprint density at radius 2 is 1.54 bits per heavy atom. The highest BCUT2D eigenvalue weighted by atomic mass is 79.9. The molecule has 11 heteroatoms. The van der Waals surface area contributed by atoms with Crippen LogP contribution in [0.25, 0.3) is 6.08 Å². The van der Waals surface area contributed by atoms with Crippen LogP contribution >= 0.6 is 31.9 Å². The van der Waals surface area contributed by atoms with Gasteiger partial charge in [-0.3, -0.25) is 9.59 Å². The summed E-state index contributed by atoms with van der Waals surface area (Å²) < 4.78 is 31.7. The van der Waals surface area contributed by atoms with Gasteiger partial charge in [0.05, 0.1) is 4.47 Å². The van der Waals surface area contributed by atoms with Crippen LogP contribution in [0.2, 0.25) is 0 Å². The van der Waals surface area contributed by atoms with Crippen molar-refractivity contribution in [3.63, 3.8) is 0 Å². The standard InChI is InChI=1S/C24H17Br2N3O5S/c1-15(30)28-19-7-9-21(10-8-19)35(32,33)34-23-11-2-16(13-22(23)26)12-17(14-27)24(31)29-20-5-3-18(25)4-6-20/h2-13H,1H3,(H,28,30)(H,29,31)/b17-12+. The Morgan fingerprint density at radius 1 is 0.943 bits per heavy atom. The summed E-state index contributed by atoms with van der Waals surface area (Å²) in [6.07, 6.45) is 1.37. The van der Waals surface area contributed by atoms with E-state index in [-0.39, 0.29) is 22.1 Å². The number of benzene rings is 3. The van der Waals surface area contributed by atoms with Crippen LogP contribution in [0.15, 0.2) is 86.1 Å². The summed E-state index contributed by atoms with van der Waals surface area (Å²) in [6.45, 7) is 1.35. The molecule has 3 rings (SSSR count). The van der Waals surface area contributed by atoms with Gasteiger partial charge in [0.15, 0.2) is 5.75 Å². The van der Waals surface area contributed by atoms with Crippen LogP contribution in [-0.2, 0) is 19.7 Å². The Labute approximate surface area is 219 Å². The minimum atomic E-state index is -4.15. The molecule has 2 N–H and O–H groups in total. The van der Waals surface area contributed by atoms with Crippen LogP contribution in [0.4, 0.5) is 11.4 Å². The fourth-order valence-electron chi connectivity index (χ4n) is 2.80. The first-order chi connectivity index (χ1) is 16.6. The molecule has 0 aliphatic rings. The van der Waals surface area contributed by atoms with Gasteiger partial charge in [-0.2, -0.15) is 13.7 Å². The largest absolute Gasteiger partial charge is 0.378 e. The molecule has 0 aliphatic heterocycles. The second-order valence-electron chi connectivity index (χ2n) is 7.06. The molecule has 0 atom stereocenters. The molecule has 0 aliphatic carbocycles. The van der Waals surface area contributed by atoms with Crippen LogP contribution in [0.3, 0.4) is 0 Å². The summed E-state index contributed by atoms with van der Waals surface area (Å²) in [5, 5.41) is 14.6. The number of nitrogens with one attached hydrogen (secondary N) is 2. The molecule has 178 valence electrons. The minimum absolute atomic E-state index is 0.0194. The molecular formula is C24H17Br2N3O5S. The predicted molar refractivity (Wildman–Crippen MR) is 139 cm³/mol. The maximum absolute atomic E-state index is 12.6. The molecule has 0 saturated carbocycles. The van der Waals surface area contributed by atoms with Crippen LogP contribution in [-0.4, -0.2) is 20.2 Å². The summed E-state index contributed by atoms with van der Waals surface area (Å²) >= 11 is 6.58. The van der Waals surface area contributed by atoms with Gasteiger partial charge in [-0.15, -0.1) is 0 Å². The number of rotatable bonds is 7. The molecule has 0 bridgehead atoms. The molecule has 0 aromatic heterocycles. The Kier molecular flexibility index (Phi) is 8.45. The number of carbonyl (C=O) groups is 2. The summed E-state index contributed by atoms with van der Waals surface area (Å²) in [6, 6.07) is 18.7. The molecule has 0 saturated heterocycles. The third-order valence-corrected chi connectivity index (χ3v) is 6.79. The second kappa shape index (κ2) is 11.3. The summed E-state index contributed by atoms with van der Waals surface area (Å²) in [4.78, 5) is 23.5. The first-order valence-electron chi connectivity index (χ1n) is 9.88. The van der Waals surface area contributed by atoms with E-state index in [1.165, 1.54) is 55.5 Å². The minimum Gasteiger partial charge on any atom is -0.378 e. The van der Waals surface area contributed by atoms with Gasteiger partial charge in [0.25, 0.3) is 5.91 Å². The molecule has 0 spiro atoms. The Morgan fingerprint density at radius 3 is 2.11 bits per heavy atom. The topological polar surface area (TPSA) is 125 Å². The molecule has 35 heavy (non-hydrogen) atoms. The van der Waals surface area contributed by atoms with Crippen molar-refractivity contribution >= 4 is 71.2 Å². The molecule has 0 unspecified atom stereocenters. The lowest BCUT2D eigenvalue weighted by molar-refractivity contribution is -0.114. The number of nitriles is 1. The fraction of sp³-hybridized carbons (Fsp3) is 0.0417. The number of hydrogen-bond acceptors (Lipinski definition) is 6. The van der Waals surface area contributed by atoms with Crippen molar-refractivity contribution < 1.29 is 22.2 Å². The van der Waals surface area contributed by atoms with E-state index in [0.29, 0.717) is 21.4 Å². The number of nitrogens with zero attached hydrogens (tertiary/aromatic N) is 1. The quantitative estimate of drug-likeness (QED) is 0.205. The van der Waals surface area contributed by atoms with Crippen molar-refractivity contribution in [2.24, 2.45) is 0 Å². The zero-order valence-electron chi connectivity index (χ0n) is 18.1. The van der Waals surface area contributed by atoms with Gasteiger partial charge in [-0.1, -0.05) is 22.0 Å². The lowest BCUT2D eigenvalue weighted by atomic mass is 10.1. The average molecular weight is 619 g/mol. The molecular weight excluding hydrogens is 602 g/mol. The fourth-order valence-corrected chi connectivity index (χ4v) is 4.59. The highest BCUT2D eigenvalue weighted by molar-refractivity contribution is 9.10. The number of amides is 2. The van der Waals surface area contributed by atoms with Gasteiger partial charge in [0, 0.05) is 22.8 Å². The molecule has 0 heterocycles. The lowest BCUT2D eigenvalue weighted by Crippen LogP contribution is -2.13. The second-order valence-corrected chi connectivity index (χ2v) is 10.4. The molecule has 0 radical (unpaired) electrons. The first-order valence-corrected chi connectivity index (χ1v) is 12.9. The van der Waals surface area contributed by atoms with Gasteiger partial charge in [-0.05, 0) is 88.2 Å². The molecule has 0 fully saturated rings. The number of hydrogen-bond donors (Lipinski definition) is 2. The van der Waals surface area contributed by atoms with Crippen LogP contribution in [0, 0.1) is 11.3 Å². The van der Waals surface area contributed by atoms with Crippen LogP contribution < -0.4 is 14.8 Å². The van der Waals surface area contributed by atoms with Crippen LogP contribution in [0.5, 0.6) is 5.75 Å². The maximum Gasteiger partial charge on any atom is 0.339 e. The summed E-state index contributed by atoms with van der Waals surface area (Å²) in [5.41, 5.74) is 1.31. The SMILES string of the molecule is CC(=O)Nc1ccc(S(=O)(=O)Oc2ccc(/C=C(\C#N)C(=O)Nc3ccc(Br)cc3)cc2Br)cc1. The zero-order chi connectivity index (χ0) is 25.6. The Bertz CT molecular complexity index is 1450. The van der Waals surface area contributed by atoms with Crippen molar-refractivity contribution in [1.29, 1.82) is 5.26 Å². The van der Waals surface area contributed by atoms with Gasteiger partial charge < -0.3 is 14.8 Å². The van der Waals surface area contributed by atoms with E-state index in [1.54, 1.807) is 24.3 Å². The summed E-state index contributed by atoms with van der Waals surface area (Å²) in [5.74, 6) is -0.845. The van der Waals surface area contributed by atoms with E-state index in [0.717, 1.165) is 4.47 Å². The monoisotopic (exact) mass is 617 g/mol. The van der Waals surface area contributed by atoms with E-state index >= 15 is 0 Å². The number of anilines is 2. The van der Waals surface area contributed by atoms with E-state index in [1.807, 2.05) is 6.07 Å². The van der Waals surface area contributed by atoms with Crippen molar-refractivity contribution in [3.05, 3.63) is 86.8 Å². The zero-order valence-corrected chi connectivity index (χ0v) is 22.1. The maximum atomic E-state index is 12.6. The van der Waals surface area contributed by atoms with E-state index in [4.69, 9.17) is 4.18 Å². The molecule has 3 aromatic rings.